The minimum Gasteiger partial charge on any atom is -0.484 e. The van der Waals surface area contributed by atoms with Gasteiger partial charge in [0.1, 0.15) is 11.9 Å². The van der Waals surface area contributed by atoms with E-state index in [1.165, 1.54) is 5.56 Å². The van der Waals surface area contributed by atoms with Crippen LogP contribution in [-0.2, 0) is 0 Å². The first kappa shape index (κ1) is 16.5. The van der Waals surface area contributed by atoms with Crippen LogP contribution in [0, 0.1) is 0 Å². The van der Waals surface area contributed by atoms with Crippen LogP contribution in [-0.4, -0.2) is 6.04 Å². The zero-order chi connectivity index (χ0) is 15.4. The van der Waals surface area contributed by atoms with Crippen LogP contribution in [0.5, 0.6) is 5.75 Å². The monoisotopic (exact) mass is 367 g/mol. The Kier molecular flexibility index (Phi) is 5.85. The summed E-state index contributed by atoms with van der Waals surface area (Å²) in [4.78, 5) is 0. The number of hydrogen-bond acceptors (Lipinski definition) is 3. The van der Waals surface area contributed by atoms with Gasteiger partial charge in [0.15, 0.2) is 0 Å². The standard InChI is InChI=1S/C17H22BrNOS/c1-4-15(19)17(12-7-8-21-10-12)20-16-6-5-13(18)9-14(16)11(2)3/h5-11,15,17H,4,19H2,1-3H3. The minimum absolute atomic E-state index is 0.0109. The van der Waals surface area contributed by atoms with Crippen molar-refractivity contribution in [2.45, 2.75) is 45.3 Å². The molecule has 2 N–H and O–H groups in total. The second-order valence-electron chi connectivity index (χ2n) is 5.50. The normalized spacial score (nSPS) is 14.2. The number of halogens is 1. The van der Waals surface area contributed by atoms with Crippen molar-refractivity contribution < 1.29 is 4.74 Å². The van der Waals surface area contributed by atoms with Crippen molar-refractivity contribution in [1.29, 1.82) is 0 Å². The SMILES string of the molecule is CCC(N)C(Oc1ccc(Br)cc1C(C)C)c1ccsc1. The van der Waals surface area contributed by atoms with E-state index in [4.69, 9.17) is 10.5 Å². The molecule has 114 valence electrons. The summed E-state index contributed by atoms with van der Waals surface area (Å²) < 4.78 is 7.39. The molecule has 0 saturated carbocycles. The second kappa shape index (κ2) is 7.43. The Hall–Kier alpha value is -0.840. The fourth-order valence-corrected chi connectivity index (χ4v) is 3.33. The molecule has 1 aromatic heterocycles. The Balaban J connectivity index is 2.33. The summed E-state index contributed by atoms with van der Waals surface area (Å²) in [6, 6.07) is 8.26. The molecule has 0 aliphatic carbocycles. The summed E-state index contributed by atoms with van der Waals surface area (Å²) in [5, 5.41) is 4.19. The van der Waals surface area contributed by atoms with Crippen LogP contribution in [0.1, 0.15) is 50.3 Å². The van der Waals surface area contributed by atoms with Crippen molar-refractivity contribution in [3.63, 3.8) is 0 Å². The van der Waals surface area contributed by atoms with E-state index in [1.807, 2.05) is 12.1 Å². The van der Waals surface area contributed by atoms with E-state index in [-0.39, 0.29) is 12.1 Å². The molecule has 0 aliphatic rings. The van der Waals surface area contributed by atoms with Gasteiger partial charge in [-0.2, -0.15) is 11.3 Å². The molecule has 0 amide bonds. The summed E-state index contributed by atoms with van der Waals surface area (Å²) >= 11 is 5.21. The van der Waals surface area contributed by atoms with Crippen molar-refractivity contribution in [1.82, 2.24) is 0 Å². The van der Waals surface area contributed by atoms with Crippen molar-refractivity contribution in [2.75, 3.05) is 0 Å². The lowest BCUT2D eigenvalue weighted by Gasteiger charge is -2.26. The Labute approximate surface area is 139 Å². The average molecular weight is 368 g/mol. The third-order valence-electron chi connectivity index (χ3n) is 3.58. The largest absolute Gasteiger partial charge is 0.484 e. The van der Waals surface area contributed by atoms with Gasteiger partial charge < -0.3 is 10.5 Å². The topological polar surface area (TPSA) is 35.2 Å². The van der Waals surface area contributed by atoms with Crippen LogP contribution >= 0.6 is 27.3 Å². The molecule has 2 atom stereocenters. The van der Waals surface area contributed by atoms with E-state index < -0.39 is 0 Å². The maximum atomic E-state index is 6.32. The number of hydrogen-bond donors (Lipinski definition) is 1. The Morgan fingerprint density at radius 1 is 1.29 bits per heavy atom. The van der Waals surface area contributed by atoms with Crippen LogP contribution < -0.4 is 10.5 Å². The van der Waals surface area contributed by atoms with Crippen LogP contribution in [0.15, 0.2) is 39.5 Å². The highest BCUT2D eigenvalue weighted by Gasteiger charge is 2.22. The number of ether oxygens (including phenoxy) is 1. The van der Waals surface area contributed by atoms with E-state index in [2.05, 4.69) is 59.6 Å². The Morgan fingerprint density at radius 3 is 2.62 bits per heavy atom. The summed E-state index contributed by atoms with van der Waals surface area (Å²) in [6.07, 6.45) is 0.786. The van der Waals surface area contributed by atoms with Gasteiger partial charge >= 0.3 is 0 Å². The molecule has 21 heavy (non-hydrogen) atoms. The average Bonchev–Trinajstić information content (AvgIpc) is 2.98. The molecule has 0 radical (unpaired) electrons. The third kappa shape index (κ3) is 4.09. The lowest BCUT2D eigenvalue weighted by atomic mass is 10.0. The van der Waals surface area contributed by atoms with Gasteiger partial charge in [0.25, 0.3) is 0 Å². The molecule has 1 heterocycles. The van der Waals surface area contributed by atoms with Gasteiger partial charge in [-0.25, -0.2) is 0 Å². The lowest BCUT2D eigenvalue weighted by Crippen LogP contribution is -2.31. The molecule has 0 fully saturated rings. The zero-order valence-corrected chi connectivity index (χ0v) is 15.1. The molecule has 1 aromatic carbocycles. The third-order valence-corrected chi connectivity index (χ3v) is 4.77. The second-order valence-corrected chi connectivity index (χ2v) is 7.20. The fraction of sp³-hybridized carbons (Fsp3) is 0.412. The molecule has 2 nitrogen and oxygen atoms in total. The van der Waals surface area contributed by atoms with Gasteiger partial charge in [-0.3, -0.25) is 0 Å². The highest BCUT2D eigenvalue weighted by Crippen LogP contribution is 2.34. The highest BCUT2D eigenvalue weighted by atomic mass is 79.9. The lowest BCUT2D eigenvalue weighted by molar-refractivity contribution is 0.169. The van der Waals surface area contributed by atoms with Gasteiger partial charge in [0.2, 0.25) is 0 Å². The first-order valence-corrected chi connectivity index (χ1v) is 9.00. The predicted molar refractivity (Wildman–Crippen MR) is 94.2 cm³/mol. The van der Waals surface area contributed by atoms with Crippen molar-refractivity contribution in [2.24, 2.45) is 5.73 Å². The van der Waals surface area contributed by atoms with Crippen LogP contribution in [0.25, 0.3) is 0 Å². The molecule has 0 saturated heterocycles. The Bertz CT molecular complexity index is 568. The van der Waals surface area contributed by atoms with Crippen LogP contribution in [0.4, 0.5) is 0 Å². The molecule has 4 heteroatoms. The molecular formula is C17H22BrNOS. The smallest absolute Gasteiger partial charge is 0.140 e. The molecule has 0 bridgehead atoms. The molecule has 0 spiro atoms. The first-order chi connectivity index (χ1) is 10.0. The minimum atomic E-state index is -0.0973. The predicted octanol–water partition coefficient (Wildman–Crippen LogP) is 5.49. The van der Waals surface area contributed by atoms with Gasteiger partial charge in [0.05, 0.1) is 0 Å². The molecule has 2 rings (SSSR count). The van der Waals surface area contributed by atoms with E-state index in [1.54, 1.807) is 11.3 Å². The zero-order valence-electron chi connectivity index (χ0n) is 12.7. The maximum absolute atomic E-state index is 6.32. The van der Waals surface area contributed by atoms with Crippen molar-refractivity contribution in [3.05, 3.63) is 50.6 Å². The molecule has 2 aromatic rings. The van der Waals surface area contributed by atoms with Gasteiger partial charge in [0, 0.05) is 16.1 Å². The maximum Gasteiger partial charge on any atom is 0.140 e. The van der Waals surface area contributed by atoms with Gasteiger partial charge in [-0.1, -0.05) is 36.7 Å². The molecule has 0 aliphatic heterocycles. The molecule has 2 unspecified atom stereocenters. The number of benzene rings is 1. The van der Waals surface area contributed by atoms with E-state index in [0.29, 0.717) is 5.92 Å². The van der Waals surface area contributed by atoms with Gasteiger partial charge in [-0.05, 0) is 52.9 Å². The van der Waals surface area contributed by atoms with E-state index in [0.717, 1.165) is 22.2 Å². The van der Waals surface area contributed by atoms with Crippen LogP contribution in [0.3, 0.4) is 0 Å². The van der Waals surface area contributed by atoms with Crippen molar-refractivity contribution >= 4 is 27.3 Å². The van der Waals surface area contributed by atoms with Crippen molar-refractivity contribution in [3.8, 4) is 5.75 Å². The van der Waals surface area contributed by atoms with Crippen LogP contribution in [0.2, 0.25) is 0 Å². The number of rotatable bonds is 6. The Morgan fingerprint density at radius 2 is 2.05 bits per heavy atom. The number of nitrogens with two attached hydrogens (primary N) is 1. The number of thiophene rings is 1. The quantitative estimate of drug-likeness (QED) is 0.732. The first-order valence-electron chi connectivity index (χ1n) is 7.26. The summed E-state index contributed by atoms with van der Waals surface area (Å²) in [5.74, 6) is 1.33. The van der Waals surface area contributed by atoms with E-state index in [9.17, 15) is 0 Å². The summed E-state index contributed by atoms with van der Waals surface area (Å²) in [5.41, 5.74) is 8.64. The fourth-order valence-electron chi connectivity index (χ4n) is 2.27. The van der Waals surface area contributed by atoms with Gasteiger partial charge in [-0.15, -0.1) is 0 Å². The summed E-state index contributed by atoms with van der Waals surface area (Å²) in [6.45, 7) is 6.44. The molecular weight excluding hydrogens is 346 g/mol. The van der Waals surface area contributed by atoms with E-state index >= 15 is 0 Å². The summed E-state index contributed by atoms with van der Waals surface area (Å²) in [7, 11) is 0. The highest BCUT2D eigenvalue weighted by molar-refractivity contribution is 9.10.